The summed E-state index contributed by atoms with van der Waals surface area (Å²) >= 11 is 0. The van der Waals surface area contributed by atoms with Gasteiger partial charge < -0.3 is 14.4 Å². The molecule has 0 spiro atoms. The molecule has 3 aliphatic rings. The number of pyridine rings is 1. The molecule has 1 N–H and O–H groups in total. The molecule has 2 aliphatic heterocycles. The van der Waals surface area contributed by atoms with Crippen LogP contribution < -0.4 is 10.9 Å². The van der Waals surface area contributed by atoms with Crippen LogP contribution in [0.4, 0.5) is 0 Å². The molecule has 1 aliphatic carbocycles. The molecule has 1 saturated carbocycles. The normalized spacial score (nSPS) is 26.6. The molecule has 8 nitrogen and oxygen atoms in total. The van der Waals surface area contributed by atoms with E-state index in [1.165, 1.54) is 0 Å². The van der Waals surface area contributed by atoms with E-state index >= 15 is 0 Å². The Morgan fingerprint density at radius 2 is 2.17 bits per heavy atom. The number of aromatic nitrogens is 3. The first-order valence-corrected chi connectivity index (χ1v) is 10.6. The summed E-state index contributed by atoms with van der Waals surface area (Å²) in [5.41, 5.74) is 1.10. The van der Waals surface area contributed by atoms with Gasteiger partial charge in [0.2, 0.25) is 11.8 Å². The van der Waals surface area contributed by atoms with E-state index in [1.807, 2.05) is 17.6 Å². The maximum Gasteiger partial charge on any atom is 0.251 e. The maximum absolute atomic E-state index is 12.7. The van der Waals surface area contributed by atoms with Gasteiger partial charge >= 0.3 is 0 Å². The van der Waals surface area contributed by atoms with Gasteiger partial charge in [0.25, 0.3) is 5.56 Å². The van der Waals surface area contributed by atoms with Crippen molar-refractivity contribution in [3.05, 3.63) is 46.0 Å². The summed E-state index contributed by atoms with van der Waals surface area (Å²) in [6.07, 6.45) is 4.14. The van der Waals surface area contributed by atoms with Crippen molar-refractivity contribution in [2.45, 2.75) is 51.1 Å². The Hall–Kier alpha value is -2.48. The molecule has 0 aromatic carbocycles. The number of rotatable bonds is 5. The average molecular weight is 397 g/mol. The second kappa shape index (κ2) is 7.40. The molecule has 2 bridgehead atoms. The Kier molecular flexibility index (Phi) is 4.73. The van der Waals surface area contributed by atoms with E-state index < -0.39 is 0 Å². The molecular weight excluding hydrogens is 370 g/mol. The molecule has 5 rings (SSSR count). The van der Waals surface area contributed by atoms with E-state index in [-0.39, 0.29) is 23.4 Å². The molecule has 1 saturated heterocycles. The second-order valence-corrected chi connectivity index (χ2v) is 8.72. The minimum Gasteiger partial charge on any atom is -0.354 e. The summed E-state index contributed by atoms with van der Waals surface area (Å²) in [4.78, 5) is 31.8. The van der Waals surface area contributed by atoms with Crippen LogP contribution in [0.25, 0.3) is 0 Å². The Morgan fingerprint density at radius 1 is 1.31 bits per heavy atom. The first kappa shape index (κ1) is 18.5. The van der Waals surface area contributed by atoms with E-state index in [9.17, 15) is 9.59 Å². The number of amides is 1. The highest BCUT2D eigenvalue weighted by Gasteiger charge is 2.41. The van der Waals surface area contributed by atoms with E-state index in [4.69, 9.17) is 4.52 Å². The first-order valence-electron chi connectivity index (χ1n) is 10.6. The number of piperidine rings is 1. The minimum atomic E-state index is -0.0220. The van der Waals surface area contributed by atoms with Gasteiger partial charge in [0.05, 0.1) is 12.6 Å². The van der Waals surface area contributed by atoms with Crippen LogP contribution in [0, 0.1) is 18.8 Å². The van der Waals surface area contributed by atoms with Crippen LogP contribution in [-0.2, 0) is 11.3 Å². The second-order valence-electron chi connectivity index (χ2n) is 8.72. The summed E-state index contributed by atoms with van der Waals surface area (Å²) in [7, 11) is 0. The van der Waals surface area contributed by atoms with Crippen LogP contribution >= 0.6 is 0 Å². The molecule has 0 unspecified atom stereocenters. The van der Waals surface area contributed by atoms with Crippen molar-refractivity contribution in [2.24, 2.45) is 11.8 Å². The lowest BCUT2D eigenvalue weighted by Gasteiger charge is -2.46. The van der Waals surface area contributed by atoms with Crippen LogP contribution in [0.1, 0.15) is 55.1 Å². The predicted molar refractivity (Wildman–Crippen MR) is 105 cm³/mol. The number of nitrogens with zero attached hydrogens (tertiary/aromatic N) is 4. The third kappa shape index (κ3) is 3.50. The largest absolute Gasteiger partial charge is 0.354 e. The third-order valence-corrected chi connectivity index (χ3v) is 6.76. The number of fused-ring (bicyclic) bond motifs is 4. The number of hydrogen-bond donors (Lipinski definition) is 1. The zero-order valence-corrected chi connectivity index (χ0v) is 16.7. The summed E-state index contributed by atoms with van der Waals surface area (Å²) in [5.74, 6) is 2.16. The number of likely N-dealkylation sites (tertiary alicyclic amines) is 1. The summed E-state index contributed by atoms with van der Waals surface area (Å²) < 4.78 is 7.25. The van der Waals surface area contributed by atoms with Crippen molar-refractivity contribution >= 4 is 5.91 Å². The lowest BCUT2D eigenvalue weighted by atomic mass is 9.78. The standard InChI is InChI=1S/C21H27N5O3/c1-13-23-19(29-24-13)12-25-10-15-8-16(11-25)18(9-22-21(28)14-4-2-5-14)26-17(15)6-3-7-20(26)27/h3,6-7,14-16,18H,2,4-5,8-12H2,1H3,(H,22,28)/t15-,16+,18+/m1/s1. The summed E-state index contributed by atoms with van der Waals surface area (Å²) in [6, 6.07) is 5.51. The van der Waals surface area contributed by atoms with Crippen LogP contribution in [-0.4, -0.2) is 45.1 Å². The fraction of sp³-hybridized carbons (Fsp3) is 0.619. The Balaban J connectivity index is 1.38. The number of carbonyl (C=O) groups is 1. The highest BCUT2D eigenvalue weighted by atomic mass is 16.5. The fourth-order valence-corrected chi connectivity index (χ4v) is 5.14. The number of carbonyl (C=O) groups excluding carboxylic acids is 1. The van der Waals surface area contributed by atoms with Gasteiger partial charge in [-0.25, -0.2) is 0 Å². The quantitative estimate of drug-likeness (QED) is 0.824. The van der Waals surface area contributed by atoms with E-state index in [0.717, 1.165) is 44.5 Å². The Labute approximate surface area is 169 Å². The SMILES string of the molecule is Cc1noc(CN2C[C@H]3C[C@@H](C2)[C@H](CNC(=O)C2CCC2)n2c3cccc2=O)n1. The van der Waals surface area contributed by atoms with Gasteiger partial charge in [-0.05, 0) is 38.2 Å². The molecule has 154 valence electrons. The molecule has 8 heteroatoms. The maximum atomic E-state index is 12.7. The van der Waals surface area contributed by atoms with Crippen LogP contribution in [0.3, 0.4) is 0 Å². The van der Waals surface area contributed by atoms with Crippen LogP contribution in [0.15, 0.2) is 27.5 Å². The van der Waals surface area contributed by atoms with Gasteiger partial charge in [0.1, 0.15) is 0 Å². The smallest absolute Gasteiger partial charge is 0.251 e. The predicted octanol–water partition coefficient (Wildman–Crippen LogP) is 1.62. The van der Waals surface area contributed by atoms with Crippen molar-refractivity contribution in [3.63, 3.8) is 0 Å². The molecule has 29 heavy (non-hydrogen) atoms. The number of aryl methyl sites for hydroxylation is 1. The Morgan fingerprint density at radius 3 is 2.90 bits per heavy atom. The van der Waals surface area contributed by atoms with Crippen molar-refractivity contribution in [3.8, 4) is 0 Å². The fourth-order valence-electron chi connectivity index (χ4n) is 5.14. The van der Waals surface area contributed by atoms with Crippen molar-refractivity contribution < 1.29 is 9.32 Å². The third-order valence-electron chi connectivity index (χ3n) is 6.76. The highest BCUT2D eigenvalue weighted by Crippen LogP contribution is 2.41. The average Bonchev–Trinajstić information content (AvgIpc) is 3.05. The topological polar surface area (TPSA) is 93.3 Å². The van der Waals surface area contributed by atoms with Gasteiger partial charge in [0, 0.05) is 43.2 Å². The molecule has 3 atom stereocenters. The first-order chi connectivity index (χ1) is 14.1. The highest BCUT2D eigenvalue weighted by molar-refractivity contribution is 5.79. The van der Waals surface area contributed by atoms with Crippen molar-refractivity contribution in [1.29, 1.82) is 0 Å². The van der Waals surface area contributed by atoms with Gasteiger partial charge in [-0.2, -0.15) is 4.98 Å². The number of nitrogens with one attached hydrogen (secondary N) is 1. The van der Waals surface area contributed by atoms with Gasteiger partial charge in [-0.1, -0.05) is 17.6 Å². The van der Waals surface area contributed by atoms with Gasteiger partial charge in [-0.15, -0.1) is 0 Å². The zero-order chi connectivity index (χ0) is 20.0. The van der Waals surface area contributed by atoms with Crippen molar-refractivity contribution in [1.82, 2.24) is 24.9 Å². The van der Waals surface area contributed by atoms with E-state index in [2.05, 4.69) is 26.4 Å². The van der Waals surface area contributed by atoms with E-state index in [1.54, 1.807) is 6.07 Å². The Bertz CT molecular complexity index is 963. The van der Waals surface area contributed by atoms with E-state index in [0.29, 0.717) is 36.6 Å². The van der Waals surface area contributed by atoms with Crippen molar-refractivity contribution in [2.75, 3.05) is 19.6 Å². The number of hydrogen-bond acceptors (Lipinski definition) is 6. The monoisotopic (exact) mass is 397 g/mol. The molecule has 0 radical (unpaired) electrons. The molecule has 2 aromatic rings. The molecule has 4 heterocycles. The molecule has 2 aromatic heterocycles. The minimum absolute atomic E-state index is 0.0220. The molecular formula is C21H27N5O3. The molecule has 2 fully saturated rings. The molecule has 1 amide bonds. The summed E-state index contributed by atoms with van der Waals surface area (Å²) in [5, 5.41) is 7.03. The lowest BCUT2D eigenvalue weighted by molar-refractivity contribution is -0.127. The lowest BCUT2D eigenvalue weighted by Crippen LogP contribution is -2.52. The summed E-state index contributed by atoms with van der Waals surface area (Å²) in [6.45, 7) is 4.66. The van der Waals surface area contributed by atoms with Crippen LogP contribution in [0.2, 0.25) is 0 Å². The van der Waals surface area contributed by atoms with Gasteiger partial charge in [-0.3, -0.25) is 14.5 Å². The zero-order valence-electron chi connectivity index (χ0n) is 16.7. The van der Waals surface area contributed by atoms with Gasteiger partial charge in [0.15, 0.2) is 5.82 Å². The van der Waals surface area contributed by atoms with Crippen LogP contribution in [0.5, 0.6) is 0 Å².